The van der Waals surface area contributed by atoms with Gasteiger partial charge in [0.25, 0.3) is 0 Å². The minimum atomic E-state index is 0.668. The molecule has 0 saturated heterocycles. The number of nitrogens with zero attached hydrogens (tertiary/aromatic N) is 4. The summed E-state index contributed by atoms with van der Waals surface area (Å²) >= 11 is 5.92. The van der Waals surface area contributed by atoms with Gasteiger partial charge in [0.1, 0.15) is 12.1 Å². The number of hydrogen-bond acceptors (Lipinski definition) is 4. The van der Waals surface area contributed by atoms with E-state index >= 15 is 0 Å². The van der Waals surface area contributed by atoms with Gasteiger partial charge < -0.3 is 5.32 Å². The highest BCUT2D eigenvalue weighted by molar-refractivity contribution is 6.30. The zero-order valence-electron chi connectivity index (χ0n) is 12.7. The number of rotatable bonds is 4. The van der Waals surface area contributed by atoms with E-state index in [2.05, 4.69) is 32.5 Å². The summed E-state index contributed by atoms with van der Waals surface area (Å²) < 4.78 is 1.87. The lowest BCUT2D eigenvalue weighted by atomic mass is 10.2. The molecule has 5 nitrogen and oxygen atoms in total. The summed E-state index contributed by atoms with van der Waals surface area (Å²) in [6, 6.07) is 17.7. The first-order valence-electron chi connectivity index (χ1n) is 7.52. The molecule has 0 spiro atoms. The van der Waals surface area contributed by atoms with Gasteiger partial charge in [0, 0.05) is 10.7 Å². The number of aromatic nitrogens is 4. The molecule has 2 aromatic heterocycles. The molecule has 4 aromatic rings. The van der Waals surface area contributed by atoms with Gasteiger partial charge >= 0.3 is 0 Å². The van der Waals surface area contributed by atoms with Crippen molar-refractivity contribution in [2.75, 3.05) is 5.32 Å². The summed E-state index contributed by atoms with van der Waals surface area (Å²) in [5.41, 5.74) is 2.88. The second kappa shape index (κ2) is 6.29. The molecule has 2 heterocycles. The van der Waals surface area contributed by atoms with Gasteiger partial charge in [-0.3, -0.25) is 0 Å². The predicted octanol–water partition coefficient (Wildman–Crippen LogP) is 4.27. The minimum absolute atomic E-state index is 0.668. The Morgan fingerprint density at radius 3 is 2.54 bits per heavy atom. The molecule has 0 radical (unpaired) electrons. The molecule has 1 N–H and O–H groups in total. The van der Waals surface area contributed by atoms with Crippen molar-refractivity contribution in [3.63, 3.8) is 0 Å². The number of hydrogen-bond donors (Lipinski definition) is 1. The number of benzene rings is 2. The highest BCUT2D eigenvalue weighted by atomic mass is 35.5. The second-order valence-electron chi connectivity index (χ2n) is 5.38. The Morgan fingerprint density at radius 2 is 1.75 bits per heavy atom. The van der Waals surface area contributed by atoms with Crippen LogP contribution in [-0.2, 0) is 6.54 Å². The van der Waals surface area contributed by atoms with Crippen molar-refractivity contribution in [3.8, 4) is 0 Å². The molecule has 6 heteroatoms. The average molecular weight is 336 g/mol. The molecular weight excluding hydrogens is 322 g/mol. The van der Waals surface area contributed by atoms with Crippen LogP contribution in [0.4, 0.5) is 11.5 Å². The number of nitrogens with one attached hydrogen (secondary N) is 1. The lowest BCUT2D eigenvalue weighted by molar-refractivity contribution is 0.704. The van der Waals surface area contributed by atoms with E-state index < -0.39 is 0 Å². The van der Waals surface area contributed by atoms with Crippen molar-refractivity contribution in [2.45, 2.75) is 6.54 Å². The molecule has 4 rings (SSSR count). The number of anilines is 2. The van der Waals surface area contributed by atoms with Crippen molar-refractivity contribution in [1.82, 2.24) is 19.7 Å². The molecular formula is C18H14ClN5. The van der Waals surface area contributed by atoms with E-state index in [1.54, 1.807) is 12.5 Å². The van der Waals surface area contributed by atoms with E-state index in [0.717, 1.165) is 22.5 Å². The number of fused-ring (bicyclic) bond motifs is 1. The van der Waals surface area contributed by atoms with Gasteiger partial charge in [0.2, 0.25) is 0 Å². The average Bonchev–Trinajstić information content (AvgIpc) is 3.02. The molecule has 0 aliphatic heterocycles. The maximum Gasteiger partial charge on any atom is 0.163 e. The highest BCUT2D eigenvalue weighted by Crippen LogP contribution is 2.24. The van der Waals surface area contributed by atoms with Gasteiger partial charge in [-0.1, -0.05) is 41.9 Å². The molecule has 2 aromatic carbocycles. The molecule has 0 saturated carbocycles. The van der Waals surface area contributed by atoms with Crippen molar-refractivity contribution in [2.24, 2.45) is 0 Å². The standard InChI is InChI=1S/C18H14ClN5/c19-14-6-8-15(9-7-14)23-17-16-10-22-24(18(16)21-12-20-17)11-13-4-2-1-3-5-13/h1-10,12H,11H2,(H,20,21,23). The fourth-order valence-corrected chi connectivity index (χ4v) is 2.66. The third-order valence-corrected chi connectivity index (χ3v) is 3.97. The van der Waals surface area contributed by atoms with Gasteiger partial charge in [0.15, 0.2) is 5.65 Å². The first-order valence-corrected chi connectivity index (χ1v) is 7.90. The largest absolute Gasteiger partial charge is 0.340 e. The summed E-state index contributed by atoms with van der Waals surface area (Å²) in [5, 5.41) is 9.32. The summed E-state index contributed by atoms with van der Waals surface area (Å²) in [5.74, 6) is 0.724. The van der Waals surface area contributed by atoms with E-state index in [0.29, 0.717) is 11.6 Å². The Morgan fingerprint density at radius 1 is 0.958 bits per heavy atom. The summed E-state index contributed by atoms with van der Waals surface area (Å²) in [6.07, 6.45) is 3.33. The maximum absolute atomic E-state index is 5.92. The van der Waals surface area contributed by atoms with E-state index in [1.807, 2.05) is 47.1 Å². The van der Waals surface area contributed by atoms with Crippen LogP contribution in [-0.4, -0.2) is 19.7 Å². The number of halogens is 1. The zero-order valence-corrected chi connectivity index (χ0v) is 13.5. The van der Waals surface area contributed by atoms with E-state index in [-0.39, 0.29) is 0 Å². The fourth-order valence-electron chi connectivity index (χ4n) is 2.53. The van der Waals surface area contributed by atoms with E-state index in [1.165, 1.54) is 5.56 Å². The van der Waals surface area contributed by atoms with Gasteiger partial charge in [-0.2, -0.15) is 5.10 Å². The van der Waals surface area contributed by atoms with Crippen molar-refractivity contribution in [3.05, 3.63) is 77.7 Å². The summed E-state index contributed by atoms with van der Waals surface area (Å²) in [7, 11) is 0. The SMILES string of the molecule is Clc1ccc(Nc2ncnc3c2cnn3Cc2ccccc2)cc1. The van der Waals surface area contributed by atoms with Gasteiger partial charge in [0.05, 0.1) is 18.1 Å². The van der Waals surface area contributed by atoms with Crippen LogP contribution in [0.15, 0.2) is 67.1 Å². The van der Waals surface area contributed by atoms with E-state index in [9.17, 15) is 0 Å². The first kappa shape index (κ1) is 14.7. The molecule has 118 valence electrons. The smallest absolute Gasteiger partial charge is 0.163 e. The van der Waals surface area contributed by atoms with Crippen molar-refractivity contribution in [1.29, 1.82) is 0 Å². The van der Waals surface area contributed by atoms with Crippen LogP contribution in [0.2, 0.25) is 5.02 Å². The van der Waals surface area contributed by atoms with Crippen LogP contribution in [0.5, 0.6) is 0 Å². The normalized spacial score (nSPS) is 10.9. The van der Waals surface area contributed by atoms with Gasteiger partial charge in [-0.25, -0.2) is 14.6 Å². The van der Waals surface area contributed by atoms with Gasteiger partial charge in [-0.05, 0) is 29.8 Å². The summed E-state index contributed by atoms with van der Waals surface area (Å²) in [6.45, 7) is 0.668. The fraction of sp³-hybridized carbons (Fsp3) is 0.0556. The zero-order chi connectivity index (χ0) is 16.4. The predicted molar refractivity (Wildman–Crippen MR) is 95.6 cm³/mol. The van der Waals surface area contributed by atoms with Crippen molar-refractivity contribution < 1.29 is 0 Å². The third-order valence-electron chi connectivity index (χ3n) is 3.72. The Hall–Kier alpha value is -2.92. The minimum Gasteiger partial charge on any atom is -0.340 e. The van der Waals surface area contributed by atoms with Crippen LogP contribution in [0.3, 0.4) is 0 Å². The lowest BCUT2D eigenvalue weighted by Gasteiger charge is -2.07. The Balaban J connectivity index is 1.67. The van der Waals surface area contributed by atoms with Crippen LogP contribution in [0.25, 0.3) is 11.0 Å². The molecule has 0 aliphatic rings. The Bertz CT molecular complexity index is 964. The monoisotopic (exact) mass is 335 g/mol. The second-order valence-corrected chi connectivity index (χ2v) is 5.82. The Labute approximate surface area is 143 Å². The van der Waals surface area contributed by atoms with Crippen LogP contribution >= 0.6 is 11.6 Å². The molecule has 24 heavy (non-hydrogen) atoms. The quantitative estimate of drug-likeness (QED) is 0.605. The van der Waals surface area contributed by atoms with E-state index in [4.69, 9.17) is 11.6 Å². The molecule has 0 amide bonds. The molecule has 0 aliphatic carbocycles. The van der Waals surface area contributed by atoms with Gasteiger partial charge in [-0.15, -0.1) is 0 Å². The summed E-state index contributed by atoms with van der Waals surface area (Å²) in [4.78, 5) is 8.72. The van der Waals surface area contributed by atoms with Crippen LogP contribution in [0, 0.1) is 0 Å². The lowest BCUT2D eigenvalue weighted by Crippen LogP contribution is -2.03. The highest BCUT2D eigenvalue weighted by Gasteiger charge is 2.10. The van der Waals surface area contributed by atoms with Crippen LogP contribution < -0.4 is 5.32 Å². The topological polar surface area (TPSA) is 55.6 Å². The molecule has 0 bridgehead atoms. The molecule has 0 fully saturated rings. The van der Waals surface area contributed by atoms with Crippen molar-refractivity contribution >= 4 is 34.1 Å². The Kier molecular flexibility index (Phi) is 3.84. The first-order chi connectivity index (χ1) is 11.8. The molecule has 0 atom stereocenters. The van der Waals surface area contributed by atoms with Crippen LogP contribution in [0.1, 0.15) is 5.56 Å². The maximum atomic E-state index is 5.92. The third kappa shape index (κ3) is 2.94. The molecule has 0 unspecified atom stereocenters.